The van der Waals surface area contributed by atoms with Gasteiger partial charge in [-0.05, 0) is 24.6 Å². The summed E-state index contributed by atoms with van der Waals surface area (Å²) in [5, 5.41) is 8.66. The van der Waals surface area contributed by atoms with Crippen molar-refractivity contribution in [3.63, 3.8) is 0 Å². The van der Waals surface area contributed by atoms with E-state index in [0.717, 1.165) is 5.56 Å². The number of methoxy groups -OCH3 is 1. The van der Waals surface area contributed by atoms with E-state index in [1.807, 2.05) is 19.1 Å². The molecule has 16 heavy (non-hydrogen) atoms. The van der Waals surface area contributed by atoms with Gasteiger partial charge in [0, 0.05) is 7.11 Å². The van der Waals surface area contributed by atoms with Crippen LogP contribution in [0.3, 0.4) is 0 Å². The van der Waals surface area contributed by atoms with Crippen LogP contribution in [0, 0.1) is 11.3 Å². The maximum absolute atomic E-state index is 8.66. The van der Waals surface area contributed by atoms with Crippen LogP contribution in [0.1, 0.15) is 24.1 Å². The topological polar surface area (TPSA) is 54.3 Å². The minimum atomic E-state index is 0.0876. The zero-order chi connectivity index (χ0) is 11.8. The second-order valence-electron chi connectivity index (χ2n) is 3.41. The first-order valence-corrected chi connectivity index (χ1v) is 5.14. The van der Waals surface area contributed by atoms with Crippen LogP contribution in [-0.2, 0) is 9.57 Å². The van der Waals surface area contributed by atoms with Crippen molar-refractivity contribution in [3.05, 3.63) is 35.4 Å². The van der Waals surface area contributed by atoms with Crippen LogP contribution < -0.4 is 5.48 Å². The van der Waals surface area contributed by atoms with Crippen molar-refractivity contribution in [1.82, 2.24) is 5.48 Å². The minimum Gasteiger partial charge on any atom is -0.382 e. The highest BCUT2D eigenvalue weighted by molar-refractivity contribution is 5.32. The van der Waals surface area contributed by atoms with E-state index in [0.29, 0.717) is 18.8 Å². The smallest absolute Gasteiger partial charge is 0.0991 e. The van der Waals surface area contributed by atoms with Gasteiger partial charge in [-0.2, -0.15) is 10.7 Å². The Hall–Kier alpha value is -1.41. The molecule has 0 saturated carbocycles. The van der Waals surface area contributed by atoms with Crippen molar-refractivity contribution >= 4 is 0 Å². The molecular weight excluding hydrogens is 204 g/mol. The molecule has 1 unspecified atom stereocenters. The summed E-state index contributed by atoms with van der Waals surface area (Å²) >= 11 is 0. The molecule has 0 aliphatic heterocycles. The van der Waals surface area contributed by atoms with Crippen LogP contribution in [0.15, 0.2) is 24.3 Å². The molecule has 1 aromatic rings. The lowest BCUT2D eigenvalue weighted by atomic mass is 10.1. The van der Waals surface area contributed by atoms with E-state index in [4.69, 9.17) is 14.8 Å². The maximum Gasteiger partial charge on any atom is 0.0991 e. The molecule has 1 atom stereocenters. The Balaban J connectivity index is 2.40. The molecule has 0 aliphatic rings. The average molecular weight is 220 g/mol. The molecule has 4 nitrogen and oxygen atoms in total. The summed E-state index contributed by atoms with van der Waals surface area (Å²) in [4.78, 5) is 5.21. The van der Waals surface area contributed by atoms with Crippen LogP contribution in [0.2, 0.25) is 0 Å². The van der Waals surface area contributed by atoms with Crippen LogP contribution in [0.5, 0.6) is 0 Å². The minimum absolute atomic E-state index is 0.0876. The molecule has 0 spiro atoms. The van der Waals surface area contributed by atoms with Gasteiger partial charge in [-0.15, -0.1) is 0 Å². The molecule has 4 heteroatoms. The van der Waals surface area contributed by atoms with Gasteiger partial charge in [0.25, 0.3) is 0 Å². The third-order valence-corrected chi connectivity index (χ3v) is 2.19. The number of ether oxygens (including phenoxy) is 1. The molecule has 0 amide bonds. The van der Waals surface area contributed by atoms with Crippen LogP contribution in [0.25, 0.3) is 0 Å². The van der Waals surface area contributed by atoms with Gasteiger partial charge >= 0.3 is 0 Å². The molecule has 86 valence electrons. The number of rotatable bonds is 6. The molecule has 0 aliphatic carbocycles. The van der Waals surface area contributed by atoms with Gasteiger partial charge in [-0.25, -0.2) is 0 Å². The van der Waals surface area contributed by atoms with Crippen molar-refractivity contribution in [2.75, 3.05) is 20.3 Å². The highest BCUT2D eigenvalue weighted by Gasteiger charge is 2.04. The number of nitrogens with zero attached hydrogens (tertiary/aromatic N) is 1. The average Bonchev–Trinajstić information content (AvgIpc) is 2.34. The number of nitrogens with one attached hydrogen (secondary N) is 1. The monoisotopic (exact) mass is 220 g/mol. The van der Waals surface area contributed by atoms with Gasteiger partial charge < -0.3 is 4.74 Å². The van der Waals surface area contributed by atoms with Gasteiger partial charge in [-0.1, -0.05) is 12.1 Å². The largest absolute Gasteiger partial charge is 0.382 e. The molecule has 0 heterocycles. The Bertz CT molecular complexity index is 343. The molecule has 0 fully saturated rings. The lowest BCUT2D eigenvalue weighted by Gasteiger charge is -2.13. The molecule has 0 radical (unpaired) electrons. The van der Waals surface area contributed by atoms with Gasteiger partial charge in [0.15, 0.2) is 0 Å². The summed E-state index contributed by atoms with van der Waals surface area (Å²) in [5.41, 5.74) is 4.65. The van der Waals surface area contributed by atoms with Gasteiger partial charge in [-0.3, -0.25) is 4.84 Å². The van der Waals surface area contributed by atoms with E-state index in [1.54, 1.807) is 19.2 Å². The van der Waals surface area contributed by atoms with E-state index in [1.165, 1.54) is 0 Å². The zero-order valence-corrected chi connectivity index (χ0v) is 9.56. The van der Waals surface area contributed by atoms with Crippen molar-refractivity contribution in [2.45, 2.75) is 13.0 Å². The first-order chi connectivity index (χ1) is 7.77. The predicted octanol–water partition coefficient (Wildman–Crippen LogP) is 1.79. The molecule has 0 bridgehead atoms. The second kappa shape index (κ2) is 6.96. The zero-order valence-electron chi connectivity index (χ0n) is 9.56. The Morgan fingerprint density at radius 1 is 1.31 bits per heavy atom. The fourth-order valence-corrected chi connectivity index (χ4v) is 1.22. The molecule has 0 saturated heterocycles. The van der Waals surface area contributed by atoms with Crippen molar-refractivity contribution < 1.29 is 9.57 Å². The van der Waals surface area contributed by atoms with Crippen LogP contribution >= 0.6 is 0 Å². The summed E-state index contributed by atoms with van der Waals surface area (Å²) in [6.45, 7) is 3.07. The van der Waals surface area contributed by atoms with Gasteiger partial charge in [0.2, 0.25) is 0 Å². The Morgan fingerprint density at radius 3 is 2.56 bits per heavy atom. The molecule has 0 aromatic heterocycles. The van der Waals surface area contributed by atoms with Gasteiger partial charge in [0.05, 0.1) is 30.9 Å². The Kier molecular flexibility index (Phi) is 5.51. The first-order valence-electron chi connectivity index (χ1n) is 5.14. The number of hydrogen-bond donors (Lipinski definition) is 1. The van der Waals surface area contributed by atoms with E-state index in [-0.39, 0.29) is 6.04 Å². The van der Waals surface area contributed by atoms with E-state index >= 15 is 0 Å². The Morgan fingerprint density at radius 2 is 2.00 bits per heavy atom. The van der Waals surface area contributed by atoms with Crippen LogP contribution in [0.4, 0.5) is 0 Å². The normalized spacial score (nSPS) is 12.1. The molecule has 1 aromatic carbocycles. The van der Waals surface area contributed by atoms with E-state index in [2.05, 4.69) is 11.5 Å². The fourth-order valence-electron chi connectivity index (χ4n) is 1.22. The number of nitriles is 1. The summed E-state index contributed by atoms with van der Waals surface area (Å²) in [6.07, 6.45) is 0. The van der Waals surface area contributed by atoms with Crippen molar-refractivity contribution in [2.24, 2.45) is 0 Å². The fraction of sp³-hybridized carbons (Fsp3) is 0.417. The van der Waals surface area contributed by atoms with Crippen molar-refractivity contribution in [3.8, 4) is 6.07 Å². The van der Waals surface area contributed by atoms with Gasteiger partial charge in [0.1, 0.15) is 0 Å². The second-order valence-corrected chi connectivity index (χ2v) is 3.41. The quantitative estimate of drug-likeness (QED) is 0.586. The third-order valence-electron chi connectivity index (χ3n) is 2.19. The third kappa shape index (κ3) is 3.99. The summed E-state index contributed by atoms with van der Waals surface area (Å²) in [5.74, 6) is 0. The predicted molar refractivity (Wildman–Crippen MR) is 60.5 cm³/mol. The van der Waals surface area contributed by atoms with Crippen LogP contribution in [-0.4, -0.2) is 20.3 Å². The molecule has 1 N–H and O–H groups in total. The highest BCUT2D eigenvalue weighted by atomic mass is 16.7. The number of hydrogen-bond acceptors (Lipinski definition) is 4. The van der Waals surface area contributed by atoms with E-state index < -0.39 is 0 Å². The number of benzene rings is 1. The first kappa shape index (κ1) is 12.7. The Labute approximate surface area is 95.7 Å². The maximum atomic E-state index is 8.66. The SMILES string of the molecule is COCCONC(C)c1ccc(C#N)cc1. The molecule has 1 rings (SSSR count). The standard InChI is InChI=1S/C12H16N2O2/c1-10(14-16-8-7-15-2)12-5-3-11(9-13)4-6-12/h3-6,10,14H,7-8H2,1-2H3. The highest BCUT2D eigenvalue weighted by Crippen LogP contribution is 2.12. The van der Waals surface area contributed by atoms with Crippen molar-refractivity contribution in [1.29, 1.82) is 5.26 Å². The molecular formula is C12H16N2O2. The summed E-state index contributed by atoms with van der Waals surface area (Å²) in [6, 6.07) is 9.59. The summed E-state index contributed by atoms with van der Waals surface area (Å²) in [7, 11) is 1.63. The lowest BCUT2D eigenvalue weighted by molar-refractivity contribution is -0.00924. The summed E-state index contributed by atoms with van der Waals surface area (Å²) < 4.78 is 4.86. The lowest BCUT2D eigenvalue weighted by Crippen LogP contribution is -2.21. The van der Waals surface area contributed by atoms with E-state index in [9.17, 15) is 0 Å². The number of hydroxylamine groups is 1.